The summed E-state index contributed by atoms with van der Waals surface area (Å²) in [5, 5.41) is 3.74. The molecule has 3 aliphatic heterocycles. The van der Waals surface area contributed by atoms with Gasteiger partial charge in [-0.3, -0.25) is 24.0 Å². The van der Waals surface area contributed by atoms with Crippen LogP contribution in [0.15, 0.2) is 36.9 Å². The molecule has 4 bridgehead atoms. The first-order valence-electron chi connectivity index (χ1n) is 16.8. The predicted molar refractivity (Wildman–Crippen MR) is 177 cm³/mol. The van der Waals surface area contributed by atoms with Crippen LogP contribution >= 0.6 is 0 Å². The van der Waals surface area contributed by atoms with E-state index in [1.807, 2.05) is 54.2 Å². The van der Waals surface area contributed by atoms with Crippen LogP contribution in [0.3, 0.4) is 0 Å². The summed E-state index contributed by atoms with van der Waals surface area (Å²) in [6.07, 6.45) is -0.512. The van der Waals surface area contributed by atoms with Gasteiger partial charge in [0.15, 0.2) is 6.04 Å². The van der Waals surface area contributed by atoms with Crippen molar-refractivity contribution in [2.45, 2.75) is 94.4 Å². The average molecular weight is 734 g/mol. The molecule has 276 valence electrons. The molecule has 17 heteroatoms. The first-order valence-corrected chi connectivity index (χ1v) is 18.3. The van der Waals surface area contributed by atoms with Crippen molar-refractivity contribution < 1.29 is 50.6 Å². The van der Waals surface area contributed by atoms with Gasteiger partial charge in [0.25, 0.3) is 18.2 Å². The lowest BCUT2D eigenvalue weighted by molar-refractivity contribution is -0.143. The van der Waals surface area contributed by atoms with Gasteiger partial charge in [-0.25, -0.2) is 26.8 Å². The largest absolute Gasteiger partial charge is 0.449 e. The summed E-state index contributed by atoms with van der Waals surface area (Å²) in [6, 6.07) is 1.69. The topological polar surface area (TPSA) is 181 Å². The van der Waals surface area contributed by atoms with E-state index in [-0.39, 0.29) is 32.5 Å². The highest BCUT2D eigenvalue weighted by Gasteiger charge is 2.62. The van der Waals surface area contributed by atoms with E-state index in [1.165, 1.54) is 11.0 Å². The molecule has 2 saturated carbocycles. The standard InChI is InChI=1S/C34H41F2N5O9S/c1-4-21-14-34(21,30(44)39-51(47,48)23-10-11-23)38-28(42)25-13-22-16-41(25)29(43)26(27(35)36)37-31(45)49-18-33(2,3)12-6-9-19-7-5-8-20-15-40(17-24(19)20)32(46)50-22/h4-9,21-23,25-27H,1,10-18H2,2-3H3,(H,37,45)(H,38,42)(H,39,44)/b9-6+/t21-,22-,25+,26+,34+/m1/s1. The number of cyclic esters (lactones) is 1. The van der Waals surface area contributed by atoms with Gasteiger partial charge in [-0.1, -0.05) is 50.3 Å². The minimum atomic E-state index is -3.99. The van der Waals surface area contributed by atoms with Crippen LogP contribution in [0.25, 0.3) is 6.08 Å². The number of fused-ring (bicyclic) bond motifs is 3. The molecule has 0 unspecified atom stereocenters. The number of alkyl halides is 2. The molecule has 5 amide bonds. The number of nitrogens with one attached hydrogen (secondary N) is 3. The van der Waals surface area contributed by atoms with Gasteiger partial charge >= 0.3 is 12.2 Å². The molecule has 51 heavy (non-hydrogen) atoms. The van der Waals surface area contributed by atoms with Crippen LogP contribution in [0.1, 0.15) is 62.6 Å². The predicted octanol–water partition coefficient (Wildman–Crippen LogP) is 2.58. The highest BCUT2D eigenvalue weighted by Crippen LogP contribution is 2.45. The number of nitrogens with zero attached hydrogens (tertiary/aromatic N) is 2. The van der Waals surface area contributed by atoms with Crippen molar-refractivity contribution in [3.8, 4) is 0 Å². The van der Waals surface area contributed by atoms with Crippen molar-refractivity contribution >= 4 is 46.0 Å². The van der Waals surface area contributed by atoms with Gasteiger partial charge in [0.1, 0.15) is 17.7 Å². The molecule has 1 saturated heterocycles. The van der Waals surface area contributed by atoms with E-state index < -0.39 is 93.2 Å². The number of allylic oxidation sites excluding steroid dienone is 1. The number of amides is 5. The smallest absolute Gasteiger partial charge is 0.410 e. The molecule has 5 aliphatic rings. The first-order chi connectivity index (χ1) is 24.0. The second-order valence-electron chi connectivity index (χ2n) is 14.6. The van der Waals surface area contributed by atoms with Gasteiger partial charge in [-0.15, -0.1) is 6.58 Å². The van der Waals surface area contributed by atoms with E-state index in [4.69, 9.17) is 9.47 Å². The van der Waals surface area contributed by atoms with E-state index in [9.17, 15) is 41.2 Å². The Bertz CT molecular complexity index is 1780. The van der Waals surface area contributed by atoms with E-state index >= 15 is 0 Å². The van der Waals surface area contributed by atoms with Crippen molar-refractivity contribution in [3.05, 3.63) is 53.6 Å². The number of rotatable bonds is 7. The van der Waals surface area contributed by atoms with Crippen LogP contribution in [-0.4, -0.2) is 96.7 Å². The zero-order valence-corrected chi connectivity index (χ0v) is 29.0. The van der Waals surface area contributed by atoms with Gasteiger partial charge in [0.05, 0.1) is 24.9 Å². The maximum Gasteiger partial charge on any atom is 0.410 e. The number of halogens is 2. The van der Waals surface area contributed by atoms with Gasteiger partial charge in [-0.2, -0.15) is 0 Å². The van der Waals surface area contributed by atoms with Crippen LogP contribution in [0.4, 0.5) is 18.4 Å². The van der Waals surface area contributed by atoms with Gasteiger partial charge < -0.3 is 25.0 Å². The van der Waals surface area contributed by atoms with Gasteiger partial charge in [-0.05, 0) is 42.4 Å². The van der Waals surface area contributed by atoms with Crippen molar-refractivity contribution in [2.24, 2.45) is 11.3 Å². The molecule has 5 atom stereocenters. The number of carbonyl (C=O) groups excluding carboxylic acids is 5. The third kappa shape index (κ3) is 7.58. The Morgan fingerprint density at radius 3 is 2.57 bits per heavy atom. The molecule has 3 heterocycles. The normalized spacial score (nSPS) is 29.9. The van der Waals surface area contributed by atoms with Crippen LogP contribution < -0.4 is 15.4 Å². The molecule has 14 nitrogen and oxygen atoms in total. The minimum absolute atomic E-state index is 0.00341. The van der Waals surface area contributed by atoms with Crippen molar-refractivity contribution in [1.29, 1.82) is 0 Å². The second-order valence-corrected chi connectivity index (χ2v) is 16.5. The average Bonchev–Trinajstić information content (AvgIpc) is 3.96. The lowest BCUT2D eigenvalue weighted by atomic mass is 9.90. The number of hydrogen-bond donors (Lipinski definition) is 3. The third-order valence-electron chi connectivity index (χ3n) is 10.00. The quantitative estimate of drug-likeness (QED) is 0.355. The molecule has 3 N–H and O–H groups in total. The van der Waals surface area contributed by atoms with Crippen molar-refractivity contribution in [2.75, 3.05) is 13.2 Å². The Balaban J connectivity index is 1.28. The second kappa shape index (κ2) is 13.5. The molecule has 2 aliphatic carbocycles. The molecular formula is C34H41F2N5O9S. The minimum Gasteiger partial charge on any atom is -0.449 e. The van der Waals surface area contributed by atoms with Gasteiger partial charge in [0.2, 0.25) is 15.9 Å². The van der Waals surface area contributed by atoms with E-state index in [2.05, 4.69) is 11.9 Å². The number of sulfonamides is 1. The Kier molecular flexibility index (Phi) is 9.63. The summed E-state index contributed by atoms with van der Waals surface area (Å²) >= 11 is 0. The summed E-state index contributed by atoms with van der Waals surface area (Å²) in [5.74, 6) is -3.95. The summed E-state index contributed by atoms with van der Waals surface area (Å²) in [6.45, 7) is 7.09. The number of carbonyl (C=O) groups is 5. The Hall–Kier alpha value is -4.54. The zero-order valence-electron chi connectivity index (χ0n) is 28.2. The monoisotopic (exact) mass is 733 g/mol. The molecule has 0 spiro atoms. The zero-order chi connectivity index (χ0) is 36.9. The number of hydrogen-bond acceptors (Lipinski definition) is 9. The molecule has 1 aromatic rings. The van der Waals surface area contributed by atoms with E-state index in [0.29, 0.717) is 19.3 Å². The van der Waals surface area contributed by atoms with Crippen LogP contribution in [-0.2, 0) is 47.0 Å². The maximum atomic E-state index is 14.4. The van der Waals surface area contributed by atoms with Crippen LogP contribution in [0.2, 0.25) is 0 Å². The molecule has 0 aromatic heterocycles. The highest BCUT2D eigenvalue weighted by atomic mass is 32.2. The first kappa shape index (κ1) is 36.3. The summed E-state index contributed by atoms with van der Waals surface area (Å²) in [5.41, 5.74) is 0.346. The van der Waals surface area contributed by atoms with Crippen LogP contribution in [0, 0.1) is 11.3 Å². The fraction of sp³-hybridized carbons (Fsp3) is 0.559. The third-order valence-corrected chi connectivity index (χ3v) is 11.8. The van der Waals surface area contributed by atoms with Crippen molar-refractivity contribution in [1.82, 2.24) is 25.2 Å². The van der Waals surface area contributed by atoms with E-state index in [1.54, 1.807) is 0 Å². The number of benzene rings is 1. The van der Waals surface area contributed by atoms with Crippen molar-refractivity contribution in [3.63, 3.8) is 0 Å². The fourth-order valence-corrected chi connectivity index (χ4v) is 8.11. The Labute approximate surface area is 294 Å². The molecule has 6 rings (SSSR count). The lowest BCUT2D eigenvalue weighted by Crippen LogP contribution is -2.59. The molecule has 1 aromatic carbocycles. The van der Waals surface area contributed by atoms with Gasteiger partial charge in [0, 0.05) is 24.3 Å². The van der Waals surface area contributed by atoms with Crippen LogP contribution in [0.5, 0.6) is 0 Å². The number of alkyl carbamates (subject to hydrolysis) is 1. The number of ether oxygens (including phenoxy) is 2. The fourth-order valence-electron chi connectivity index (χ4n) is 6.75. The maximum absolute atomic E-state index is 14.4. The highest BCUT2D eigenvalue weighted by molar-refractivity contribution is 7.91. The lowest BCUT2D eigenvalue weighted by Gasteiger charge is -2.29. The summed E-state index contributed by atoms with van der Waals surface area (Å²) in [7, 11) is -3.99. The summed E-state index contributed by atoms with van der Waals surface area (Å²) < 4.78 is 67.0. The Morgan fingerprint density at radius 1 is 1.16 bits per heavy atom. The molecular weight excluding hydrogens is 692 g/mol. The van der Waals surface area contributed by atoms with E-state index in [0.717, 1.165) is 21.6 Å². The Morgan fingerprint density at radius 2 is 1.90 bits per heavy atom. The molecule has 0 radical (unpaired) electrons. The molecule has 3 fully saturated rings. The SMILES string of the molecule is C=C[C@@H]1C[C@@]1(NC(=O)[C@@H]1C[C@@H]2CN1C(=O)[C@H](C(F)F)NC(=O)OCC(C)(C)C/C=C/c1cccc3c1CN(C3)C(=O)O2)C(=O)NS(=O)(=O)C1CC1. The summed E-state index contributed by atoms with van der Waals surface area (Å²) in [4.78, 5) is 69.4.